The quantitative estimate of drug-likeness (QED) is 0.301. The first-order valence-electron chi connectivity index (χ1n) is 8.64. The number of hydrogen-bond donors (Lipinski definition) is 0. The number of furan rings is 1. The number of aliphatic imine (C=N–C) groups is 1. The van der Waals surface area contributed by atoms with E-state index in [2.05, 4.69) is 15.0 Å². The maximum atomic E-state index is 13.6. The third-order valence-electron chi connectivity index (χ3n) is 4.23. The van der Waals surface area contributed by atoms with Gasteiger partial charge in [0.25, 0.3) is 0 Å². The first-order valence-corrected chi connectivity index (χ1v) is 9.52. The first kappa shape index (κ1) is 18.8. The molecule has 29 heavy (non-hydrogen) atoms. The Hall–Kier alpha value is -3.55. The molecule has 144 valence electrons. The van der Waals surface area contributed by atoms with Gasteiger partial charge in [-0.2, -0.15) is 0 Å². The highest BCUT2D eigenvalue weighted by molar-refractivity contribution is 8.15. The molecule has 2 heterocycles. The summed E-state index contributed by atoms with van der Waals surface area (Å²) < 4.78 is 18.9. The number of azide groups is 1. The number of benzene rings is 2. The smallest absolute Gasteiger partial charge is 0.247 e. The zero-order valence-corrected chi connectivity index (χ0v) is 15.8. The van der Waals surface area contributed by atoms with Crippen molar-refractivity contribution in [2.24, 2.45) is 10.1 Å². The number of amides is 1. The Morgan fingerprint density at radius 2 is 1.97 bits per heavy atom. The zero-order chi connectivity index (χ0) is 20.2. The van der Waals surface area contributed by atoms with Crippen molar-refractivity contribution in [1.82, 2.24) is 4.90 Å². The van der Waals surface area contributed by atoms with Crippen molar-refractivity contribution in [2.45, 2.75) is 11.8 Å². The van der Waals surface area contributed by atoms with Gasteiger partial charge in [0.1, 0.15) is 16.8 Å². The molecule has 9 heteroatoms. The number of carbonyl (C=O) groups excluding carboxylic acids is 1. The standard InChI is InChI=1S/C20H14FN5O2S/c21-14-3-1-4-16(11-14)23-20-26(12-17-5-2-10-28-17)19(27)18(29-20)13-6-8-15(9-7-13)24-25-22/h1-11,18H,12H2. The van der Waals surface area contributed by atoms with Crippen molar-refractivity contribution in [2.75, 3.05) is 0 Å². The van der Waals surface area contributed by atoms with Gasteiger partial charge < -0.3 is 4.42 Å². The van der Waals surface area contributed by atoms with Crippen LogP contribution in [0.5, 0.6) is 0 Å². The van der Waals surface area contributed by atoms with Crippen LogP contribution in [0.1, 0.15) is 16.6 Å². The number of thioether (sulfide) groups is 1. The van der Waals surface area contributed by atoms with Crippen molar-refractivity contribution in [1.29, 1.82) is 0 Å². The first-order chi connectivity index (χ1) is 14.1. The highest BCUT2D eigenvalue weighted by Crippen LogP contribution is 2.41. The number of hydrogen-bond acceptors (Lipinski definition) is 5. The van der Waals surface area contributed by atoms with E-state index in [-0.39, 0.29) is 12.5 Å². The molecule has 4 rings (SSSR count). The molecule has 3 aromatic rings. The summed E-state index contributed by atoms with van der Waals surface area (Å²) in [5.74, 6) is 0.0623. The minimum Gasteiger partial charge on any atom is -0.467 e. The van der Waals surface area contributed by atoms with Crippen LogP contribution in [0.15, 0.2) is 81.5 Å². The molecular formula is C20H14FN5O2S. The minimum absolute atomic E-state index is 0.155. The van der Waals surface area contributed by atoms with Crippen LogP contribution in [0.3, 0.4) is 0 Å². The van der Waals surface area contributed by atoms with Crippen molar-refractivity contribution in [3.63, 3.8) is 0 Å². The molecule has 1 atom stereocenters. The summed E-state index contributed by atoms with van der Waals surface area (Å²) in [5.41, 5.74) is 10.2. The summed E-state index contributed by atoms with van der Waals surface area (Å²) in [4.78, 5) is 21.9. The van der Waals surface area contributed by atoms with Gasteiger partial charge in [0, 0.05) is 10.6 Å². The summed E-state index contributed by atoms with van der Waals surface area (Å²) >= 11 is 1.28. The molecule has 1 fully saturated rings. The Bertz CT molecular complexity index is 1110. The van der Waals surface area contributed by atoms with E-state index in [0.29, 0.717) is 22.3 Å². The monoisotopic (exact) mass is 407 g/mol. The zero-order valence-electron chi connectivity index (χ0n) is 15.0. The largest absolute Gasteiger partial charge is 0.467 e. The molecule has 1 aromatic heterocycles. The Morgan fingerprint density at radius 1 is 1.14 bits per heavy atom. The fourth-order valence-electron chi connectivity index (χ4n) is 2.88. The van der Waals surface area contributed by atoms with Crippen LogP contribution in [-0.4, -0.2) is 16.0 Å². The molecule has 0 spiro atoms. The van der Waals surface area contributed by atoms with Gasteiger partial charge in [-0.15, -0.1) is 0 Å². The lowest BCUT2D eigenvalue weighted by atomic mass is 10.1. The molecule has 1 amide bonds. The van der Waals surface area contributed by atoms with E-state index in [0.717, 1.165) is 5.56 Å². The van der Waals surface area contributed by atoms with Gasteiger partial charge in [-0.3, -0.25) is 9.69 Å². The Labute approximate surface area is 169 Å². The van der Waals surface area contributed by atoms with Crippen LogP contribution in [0.4, 0.5) is 15.8 Å². The maximum Gasteiger partial charge on any atom is 0.247 e. The SMILES string of the molecule is [N-]=[N+]=Nc1ccc(C2SC(=Nc3cccc(F)c3)N(Cc3ccco3)C2=O)cc1. The Kier molecular flexibility index (Phi) is 5.33. The van der Waals surface area contributed by atoms with Crippen LogP contribution >= 0.6 is 11.8 Å². The molecule has 1 aliphatic rings. The summed E-state index contributed by atoms with van der Waals surface area (Å²) in [7, 11) is 0. The minimum atomic E-state index is -0.516. The second-order valence-electron chi connectivity index (χ2n) is 6.16. The fourth-order valence-corrected chi connectivity index (χ4v) is 4.05. The summed E-state index contributed by atoms with van der Waals surface area (Å²) in [6.07, 6.45) is 1.54. The summed E-state index contributed by atoms with van der Waals surface area (Å²) in [5, 5.41) is 3.49. The van der Waals surface area contributed by atoms with E-state index in [1.807, 2.05) is 0 Å². The van der Waals surface area contributed by atoms with Crippen LogP contribution in [-0.2, 0) is 11.3 Å². The molecule has 0 saturated carbocycles. The third-order valence-corrected chi connectivity index (χ3v) is 5.46. The van der Waals surface area contributed by atoms with Gasteiger partial charge in [-0.25, -0.2) is 9.38 Å². The fraction of sp³-hybridized carbons (Fsp3) is 0.100. The lowest BCUT2D eigenvalue weighted by Crippen LogP contribution is -2.29. The summed E-state index contributed by atoms with van der Waals surface area (Å²) in [6.45, 7) is 0.223. The number of carbonyl (C=O) groups is 1. The van der Waals surface area contributed by atoms with Crippen molar-refractivity contribution in [3.05, 3.63) is 94.5 Å². The van der Waals surface area contributed by atoms with E-state index in [4.69, 9.17) is 9.95 Å². The molecule has 1 unspecified atom stereocenters. The predicted molar refractivity (Wildman–Crippen MR) is 108 cm³/mol. The maximum absolute atomic E-state index is 13.6. The number of rotatable bonds is 5. The van der Waals surface area contributed by atoms with Crippen molar-refractivity contribution in [3.8, 4) is 0 Å². The average molecular weight is 407 g/mol. The lowest BCUT2D eigenvalue weighted by Gasteiger charge is -2.15. The molecular weight excluding hydrogens is 393 g/mol. The second-order valence-corrected chi connectivity index (χ2v) is 7.23. The van der Waals surface area contributed by atoms with E-state index >= 15 is 0 Å². The van der Waals surface area contributed by atoms with Crippen LogP contribution < -0.4 is 0 Å². The number of amidine groups is 1. The van der Waals surface area contributed by atoms with Crippen molar-refractivity contribution < 1.29 is 13.6 Å². The normalized spacial score (nSPS) is 17.6. The predicted octanol–water partition coefficient (Wildman–Crippen LogP) is 5.86. The molecule has 1 aliphatic heterocycles. The van der Waals surface area contributed by atoms with E-state index in [1.54, 1.807) is 54.8 Å². The molecule has 2 aromatic carbocycles. The second kappa shape index (κ2) is 8.22. The van der Waals surface area contributed by atoms with Gasteiger partial charge in [0.05, 0.1) is 18.5 Å². The molecule has 0 aliphatic carbocycles. The average Bonchev–Trinajstić information content (AvgIpc) is 3.33. The van der Waals surface area contributed by atoms with E-state index in [1.165, 1.54) is 28.8 Å². The van der Waals surface area contributed by atoms with Crippen molar-refractivity contribution >= 4 is 34.2 Å². The Balaban J connectivity index is 1.68. The molecule has 0 radical (unpaired) electrons. The topological polar surface area (TPSA) is 94.6 Å². The summed E-state index contributed by atoms with van der Waals surface area (Å²) in [6, 6.07) is 16.2. The molecule has 1 saturated heterocycles. The Morgan fingerprint density at radius 3 is 2.66 bits per heavy atom. The van der Waals surface area contributed by atoms with Gasteiger partial charge >= 0.3 is 0 Å². The molecule has 0 N–H and O–H groups in total. The number of nitrogens with zero attached hydrogens (tertiary/aromatic N) is 5. The van der Waals surface area contributed by atoms with E-state index < -0.39 is 11.1 Å². The highest BCUT2D eigenvalue weighted by Gasteiger charge is 2.39. The van der Waals surface area contributed by atoms with Gasteiger partial charge in [-0.05, 0) is 41.4 Å². The highest BCUT2D eigenvalue weighted by atomic mass is 32.2. The van der Waals surface area contributed by atoms with E-state index in [9.17, 15) is 9.18 Å². The lowest BCUT2D eigenvalue weighted by molar-refractivity contribution is -0.126. The number of halogens is 1. The van der Waals surface area contributed by atoms with Crippen LogP contribution in [0, 0.1) is 5.82 Å². The van der Waals surface area contributed by atoms with Gasteiger partial charge in [-0.1, -0.05) is 47.2 Å². The van der Waals surface area contributed by atoms with Crippen LogP contribution in [0.2, 0.25) is 0 Å². The molecule has 7 nitrogen and oxygen atoms in total. The molecule has 0 bridgehead atoms. The van der Waals surface area contributed by atoms with Gasteiger partial charge in [0.2, 0.25) is 5.91 Å². The van der Waals surface area contributed by atoms with Crippen LogP contribution in [0.25, 0.3) is 10.4 Å². The third kappa shape index (κ3) is 4.16. The van der Waals surface area contributed by atoms with Gasteiger partial charge in [0.15, 0.2) is 5.17 Å².